The summed E-state index contributed by atoms with van der Waals surface area (Å²) >= 11 is 0. The molecular formula is C17H15FN2O2. The van der Waals surface area contributed by atoms with E-state index >= 15 is 0 Å². The molecule has 2 rings (SSSR count). The number of aromatic nitrogens is 1. The lowest BCUT2D eigenvalue weighted by Gasteiger charge is -2.24. The lowest BCUT2D eigenvalue weighted by atomic mass is 9.80. The quantitative estimate of drug-likeness (QED) is 0.813. The third-order valence-corrected chi connectivity index (χ3v) is 3.61. The second kappa shape index (κ2) is 6.35. The van der Waals surface area contributed by atoms with Crippen molar-refractivity contribution < 1.29 is 13.9 Å². The van der Waals surface area contributed by atoms with Crippen LogP contribution in [0.15, 0.2) is 42.6 Å². The largest absolute Gasteiger partial charge is 0.468 e. The maximum atomic E-state index is 13.0. The fourth-order valence-corrected chi connectivity index (χ4v) is 2.23. The molecule has 5 heteroatoms. The number of nitrogens with zero attached hydrogens (tertiary/aromatic N) is 2. The van der Waals surface area contributed by atoms with Crippen LogP contribution in [0.1, 0.15) is 18.9 Å². The number of esters is 1. The molecule has 0 bridgehead atoms. The molecule has 0 amide bonds. The van der Waals surface area contributed by atoms with Crippen molar-refractivity contribution >= 4 is 5.97 Å². The van der Waals surface area contributed by atoms with Gasteiger partial charge < -0.3 is 4.74 Å². The molecule has 4 nitrogen and oxygen atoms in total. The SMILES string of the molecule is COC(=O)C(C)(CC#N)c1ccnc(-c2ccc(F)cc2)c1. The number of nitriles is 1. The van der Waals surface area contributed by atoms with Gasteiger partial charge in [0.05, 0.1) is 25.3 Å². The van der Waals surface area contributed by atoms with Gasteiger partial charge in [-0.15, -0.1) is 0 Å². The second-order valence-corrected chi connectivity index (χ2v) is 5.10. The van der Waals surface area contributed by atoms with Gasteiger partial charge in [0.15, 0.2) is 0 Å². The van der Waals surface area contributed by atoms with Crippen molar-refractivity contribution in [2.24, 2.45) is 0 Å². The predicted molar refractivity (Wildman–Crippen MR) is 79.2 cm³/mol. The molecule has 2 aromatic rings. The van der Waals surface area contributed by atoms with Crippen molar-refractivity contribution in [2.75, 3.05) is 7.11 Å². The number of ether oxygens (including phenoxy) is 1. The number of halogens is 1. The van der Waals surface area contributed by atoms with Gasteiger partial charge in [-0.25, -0.2) is 4.39 Å². The molecule has 0 N–H and O–H groups in total. The summed E-state index contributed by atoms with van der Waals surface area (Å²) in [6, 6.07) is 11.3. The van der Waals surface area contributed by atoms with Gasteiger partial charge in [-0.05, 0) is 48.9 Å². The lowest BCUT2D eigenvalue weighted by Crippen LogP contribution is -2.33. The van der Waals surface area contributed by atoms with Gasteiger partial charge in [0, 0.05) is 11.8 Å². The number of hydrogen-bond acceptors (Lipinski definition) is 4. The van der Waals surface area contributed by atoms with Crippen LogP contribution in [0, 0.1) is 17.1 Å². The Morgan fingerprint density at radius 2 is 2.05 bits per heavy atom. The number of hydrogen-bond donors (Lipinski definition) is 0. The normalized spacial score (nSPS) is 13.0. The molecule has 0 radical (unpaired) electrons. The monoisotopic (exact) mass is 298 g/mol. The van der Waals surface area contributed by atoms with E-state index in [2.05, 4.69) is 4.98 Å². The molecule has 1 atom stereocenters. The highest BCUT2D eigenvalue weighted by Gasteiger charge is 2.36. The van der Waals surface area contributed by atoms with E-state index in [1.165, 1.54) is 19.2 Å². The van der Waals surface area contributed by atoms with Crippen molar-refractivity contribution in [1.82, 2.24) is 4.98 Å². The summed E-state index contributed by atoms with van der Waals surface area (Å²) in [5, 5.41) is 9.01. The Morgan fingerprint density at radius 3 is 2.64 bits per heavy atom. The van der Waals surface area contributed by atoms with Crippen LogP contribution in [0.4, 0.5) is 4.39 Å². The van der Waals surface area contributed by atoms with Crippen molar-refractivity contribution in [3.05, 3.63) is 54.0 Å². The minimum absolute atomic E-state index is 0.00740. The van der Waals surface area contributed by atoms with E-state index in [1.54, 1.807) is 37.4 Å². The summed E-state index contributed by atoms with van der Waals surface area (Å²) in [6.07, 6.45) is 1.55. The number of rotatable bonds is 4. The first kappa shape index (κ1) is 15.6. The van der Waals surface area contributed by atoms with Crippen molar-refractivity contribution in [2.45, 2.75) is 18.8 Å². The Bertz CT molecular complexity index is 722. The number of pyridine rings is 1. The zero-order chi connectivity index (χ0) is 16.2. The Morgan fingerprint density at radius 1 is 1.36 bits per heavy atom. The highest BCUT2D eigenvalue weighted by molar-refractivity contribution is 5.83. The van der Waals surface area contributed by atoms with E-state index in [1.807, 2.05) is 6.07 Å². The molecule has 0 fully saturated rings. The Labute approximate surface area is 128 Å². The van der Waals surface area contributed by atoms with Crippen LogP contribution < -0.4 is 0 Å². The van der Waals surface area contributed by atoms with Gasteiger partial charge in [-0.2, -0.15) is 5.26 Å². The number of carbonyl (C=O) groups is 1. The van der Waals surface area contributed by atoms with Crippen LogP contribution in [0.3, 0.4) is 0 Å². The fraction of sp³-hybridized carbons (Fsp3) is 0.235. The zero-order valence-corrected chi connectivity index (χ0v) is 12.3. The van der Waals surface area contributed by atoms with E-state index in [0.29, 0.717) is 11.3 Å². The third-order valence-electron chi connectivity index (χ3n) is 3.61. The van der Waals surface area contributed by atoms with E-state index in [9.17, 15) is 9.18 Å². The standard InChI is InChI=1S/C17H15FN2O2/c1-17(8-9-19,16(21)22-2)13-7-10-20-15(11-13)12-3-5-14(18)6-4-12/h3-7,10-11H,8H2,1-2H3. The minimum Gasteiger partial charge on any atom is -0.468 e. The Hall–Kier alpha value is -2.74. The topological polar surface area (TPSA) is 63.0 Å². The van der Waals surface area contributed by atoms with Crippen LogP contribution in [0.2, 0.25) is 0 Å². The van der Waals surface area contributed by atoms with E-state index < -0.39 is 11.4 Å². The van der Waals surface area contributed by atoms with Gasteiger partial charge >= 0.3 is 5.97 Å². The van der Waals surface area contributed by atoms with Gasteiger partial charge in [0.2, 0.25) is 0 Å². The molecule has 0 saturated carbocycles. The van der Waals surface area contributed by atoms with E-state index in [4.69, 9.17) is 10.00 Å². The van der Waals surface area contributed by atoms with Crippen LogP contribution >= 0.6 is 0 Å². The summed E-state index contributed by atoms with van der Waals surface area (Å²) in [5.41, 5.74) is 0.898. The van der Waals surface area contributed by atoms with Crippen molar-refractivity contribution in [3.8, 4) is 17.3 Å². The molecule has 112 valence electrons. The van der Waals surface area contributed by atoms with Crippen LogP contribution in [-0.4, -0.2) is 18.1 Å². The molecule has 0 spiro atoms. The highest BCUT2D eigenvalue weighted by Crippen LogP contribution is 2.31. The second-order valence-electron chi connectivity index (χ2n) is 5.10. The maximum Gasteiger partial charge on any atom is 0.317 e. The van der Waals surface area contributed by atoms with E-state index in [-0.39, 0.29) is 12.2 Å². The molecule has 1 unspecified atom stereocenters. The molecule has 22 heavy (non-hydrogen) atoms. The Balaban J connectivity index is 2.48. The zero-order valence-electron chi connectivity index (χ0n) is 12.3. The molecule has 1 heterocycles. The third kappa shape index (κ3) is 2.96. The summed E-state index contributed by atoms with van der Waals surface area (Å²) in [4.78, 5) is 16.3. The van der Waals surface area contributed by atoms with Crippen molar-refractivity contribution in [3.63, 3.8) is 0 Å². The summed E-state index contributed by atoms with van der Waals surface area (Å²) < 4.78 is 17.8. The average Bonchev–Trinajstić information content (AvgIpc) is 2.55. The van der Waals surface area contributed by atoms with Crippen LogP contribution in [-0.2, 0) is 14.9 Å². The summed E-state index contributed by atoms with van der Waals surface area (Å²) in [6.45, 7) is 1.66. The van der Waals surface area contributed by atoms with Crippen LogP contribution in [0.25, 0.3) is 11.3 Å². The number of benzene rings is 1. The number of methoxy groups -OCH3 is 1. The van der Waals surface area contributed by atoms with Crippen LogP contribution in [0.5, 0.6) is 0 Å². The molecular weight excluding hydrogens is 283 g/mol. The fourth-order valence-electron chi connectivity index (χ4n) is 2.23. The predicted octanol–water partition coefficient (Wildman–Crippen LogP) is 3.23. The first-order valence-electron chi connectivity index (χ1n) is 6.69. The molecule has 1 aromatic carbocycles. The van der Waals surface area contributed by atoms with E-state index in [0.717, 1.165) is 5.56 Å². The molecule has 0 saturated heterocycles. The minimum atomic E-state index is -1.07. The van der Waals surface area contributed by atoms with Gasteiger partial charge in [-0.3, -0.25) is 9.78 Å². The van der Waals surface area contributed by atoms with Gasteiger partial charge in [0.1, 0.15) is 11.2 Å². The average molecular weight is 298 g/mol. The number of carbonyl (C=O) groups excluding carboxylic acids is 1. The summed E-state index contributed by atoms with van der Waals surface area (Å²) in [7, 11) is 1.29. The molecule has 0 aliphatic carbocycles. The smallest absolute Gasteiger partial charge is 0.317 e. The summed E-state index contributed by atoms with van der Waals surface area (Å²) in [5.74, 6) is -0.811. The van der Waals surface area contributed by atoms with Gasteiger partial charge in [-0.1, -0.05) is 0 Å². The maximum absolute atomic E-state index is 13.0. The highest BCUT2D eigenvalue weighted by atomic mass is 19.1. The first-order valence-corrected chi connectivity index (χ1v) is 6.69. The molecule has 0 aliphatic heterocycles. The Kier molecular flexibility index (Phi) is 4.52. The molecule has 1 aromatic heterocycles. The first-order chi connectivity index (χ1) is 10.5. The van der Waals surface area contributed by atoms with Crippen molar-refractivity contribution in [1.29, 1.82) is 5.26 Å². The molecule has 0 aliphatic rings. The lowest BCUT2D eigenvalue weighted by molar-refractivity contribution is -0.146. The van der Waals surface area contributed by atoms with Gasteiger partial charge in [0.25, 0.3) is 0 Å².